The molecule has 1 aromatic heterocycles. The van der Waals surface area contributed by atoms with Crippen LogP contribution in [0.1, 0.15) is 25.0 Å². The molecular weight excluding hydrogens is 418 g/mol. The lowest BCUT2D eigenvalue weighted by atomic mass is 10.1. The van der Waals surface area contributed by atoms with Gasteiger partial charge in [0.2, 0.25) is 0 Å². The van der Waals surface area contributed by atoms with E-state index in [2.05, 4.69) is 10.3 Å². The van der Waals surface area contributed by atoms with Gasteiger partial charge in [-0.2, -0.15) is 13.2 Å². The van der Waals surface area contributed by atoms with Crippen LogP contribution in [0.4, 0.5) is 28.0 Å². The summed E-state index contributed by atoms with van der Waals surface area (Å²) in [5, 5.41) is 4.97. The molecule has 0 bridgehead atoms. The van der Waals surface area contributed by atoms with Gasteiger partial charge in [0.1, 0.15) is 10.8 Å². The highest BCUT2D eigenvalue weighted by atomic mass is 32.1. The Balaban J connectivity index is 1.81. The normalized spacial score (nSPS) is 11.6. The van der Waals surface area contributed by atoms with E-state index in [1.807, 2.05) is 29.6 Å². The van der Waals surface area contributed by atoms with Crippen molar-refractivity contribution in [2.24, 2.45) is 0 Å². The van der Waals surface area contributed by atoms with E-state index in [1.165, 1.54) is 16.2 Å². The zero-order valence-electron chi connectivity index (χ0n) is 16.2. The average molecular weight is 437 g/mol. The van der Waals surface area contributed by atoms with E-state index in [-0.39, 0.29) is 12.6 Å². The number of nitrogens with one attached hydrogen (secondary N) is 1. The topological polar surface area (TPSA) is 45.2 Å². The number of benzene rings is 2. The third kappa shape index (κ3) is 5.15. The lowest BCUT2D eigenvalue weighted by Crippen LogP contribution is -2.39. The number of halogens is 4. The summed E-state index contributed by atoms with van der Waals surface area (Å²) in [6.45, 7) is 3.74. The van der Waals surface area contributed by atoms with Crippen molar-refractivity contribution in [1.82, 2.24) is 9.88 Å². The fourth-order valence-corrected chi connectivity index (χ4v) is 3.47. The molecule has 3 aromatic rings. The Hall–Kier alpha value is -2.94. The number of hydrogen-bond acceptors (Lipinski definition) is 3. The Labute approximate surface area is 175 Å². The fourth-order valence-electron chi connectivity index (χ4n) is 2.84. The highest BCUT2D eigenvalue weighted by molar-refractivity contribution is 7.13. The van der Waals surface area contributed by atoms with Crippen LogP contribution in [0.5, 0.6) is 0 Å². The average Bonchev–Trinajstić information content (AvgIpc) is 3.21. The molecule has 158 valence electrons. The summed E-state index contributed by atoms with van der Waals surface area (Å²) in [5.74, 6) is -0.939. The van der Waals surface area contributed by atoms with E-state index in [0.29, 0.717) is 18.2 Å². The van der Waals surface area contributed by atoms with E-state index < -0.39 is 29.3 Å². The first-order valence-electron chi connectivity index (χ1n) is 9.08. The highest BCUT2D eigenvalue weighted by Crippen LogP contribution is 2.32. The van der Waals surface area contributed by atoms with Crippen LogP contribution in [-0.2, 0) is 12.7 Å². The maximum absolute atomic E-state index is 14.0. The van der Waals surface area contributed by atoms with Crippen molar-refractivity contribution in [3.8, 4) is 10.6 Å². The summed E-state index contributed by atoms with van der Waals surface area (Å²) in [6, 6.07) is 8.43. The third-order valence-corrected chi connectivity index (χ3v) is 5.20. The molecule has 3 rings (SSSR count). The van der Waals surface area contributed by atoms with Crippen molar-refractivity contribution in [1.29, 1.82) is 0 Å². The van der Waals surface area contributed by atoms with Crippen molar-refractivity contribution in [2.45, 2.75) is 32.6 Å². The van der Waals surface area contributed by atoms with Gasteiger partial charge in [0, 0.05) is 29.7 Å². The molecule has 0 aliphatic rings. The van der Waals surface area contributed by atoms with Crippen molar-refractivity contribution in [3.63, 3.8) is 0 Å². The van der Waals surface area contributed by atoms with Crippen LogP contribution in [0.2, 0.25) is 0 Å². The molecule has 4 nitrogen and oxygen atoms in total. The molecule has 0 radical (unpaired) electrons. The van der Waals surface area contributed by atoms with Gasteiger partial charge in [-0.3, -0.25) is 0 Å². The molecule has 0 aliphatic carbocycles. The molecule has 9 heteroatoms. The van der Waals surface area contributed by atoms with Gasteiger partial charge < -0.3 is 10.2 Å². The molecular formula is C21H19F4N3OS. The van der Waals surface area contributed by atoms with Gasteiger partial charge in [0.15, 0.2) is 0 Å². The number of anilines is 1. The van der Waals surface area contributed by atoms with Crippen LogP contribution in [0.25, 0.3) is 10.6 Å². The van der Waals surface area contributed by atoms with E-state index >= 15 is 0 Å². The minimum Gasteiger partial charge on any atom is -0.318 e. The van der Waals surface area contributed by atoms with Crippen LogP contribution >= 0.6 is 11.3 Å². The molecule has 0 saturated carbocycles. The minimum absolute atomic E-state index is 0.198. The maximum Gasteiger partial charge on any atom is 0.416 e. The third-order valence-electron chi connectivity index (χ3n) is 4.38. The first-order chi connectivity index (χ1) is 14.1. The van der Waals surface area contributed by atoms with Crippen molar-refractivity contribution >= 4 is 23.1 Å². The van der Waals surface area contributed by atoms with Gasteiger partial charge >= 0.3 is 12.2 Å². The van der Waals surface area contributed by atoms with E-state index in [1.54, 1.807) is 20.0 Å². The van der Waals surface area contributed by atoms with Crippen LogP contribution in [0.3, 0.4) is 0 Å². The summed E-state index contributed by atoms with van der Waals surface area (Å²) in [6.07, 6.45) is -2.94. The number of alkyl halides is 3. The standard InChI is InChI=1S/C21H19F4N3OS/c1-13(2)28(12-14-4-3-5-15(10-14)19-26-8-9-30-19)20(29)27-18-11-16(21(23,24)25)6-7-17(18)22/h3-11,13H,12H2,1-2H3,(H,27,29). The highest BCUT2D eigenvalue weighted by Gasteiger charge is 2.31. The predicted octanol–water partition coefficient (Wildman–Crippen LogP) is 6.41. The number of carbonyl (C=O) groups excluding carboxylic acids is 1. The second-order valence-corrected chi connectivity index (χ2v) is 7.78. The molecule has 1 N–H and O–H groups in total. The summed E-state index contributed by atoms with van der Waals surface area (Å²) >= 11 is 1.49. The molecule has 2 aromatic carbocycles. The molecule has 30 heavy (non-hydrogen) atoms. The number of aromatic nitrogens is 1. The Morgan fingerprint density at radius 1 is 1.20 bits per heavy atom. The second-order valence-electron chi connectivity index (χ2n) is 6.88. The van der Waals surface area contributed by atoms with Gasteiger partial charge in [-0.05, 0) is 43.7 Å². The summed E-state index contributed by atoms with van der Waals surface area (Å²) in [5.41, 5.74) is 0.162. The van der Waals surface area contributed by atoms with E-state index in [9.17, 15) is 22.4 Å². The number of rotatable bonds is 5. The Kier molecular flexibility index (Phi) is 6.40. The number of thiazole rings is 1. The van der Waals surface area contributed by atoms with Crippen LogP contribution in [0, 0.1) is 5.82 Å². The minimum atomic E-state index is -4.64. The van der Waals surface area contributed by atoms with Crippen LogP contribution < -0.4 is 5.32 Å². The van der Waals surface area contributed by atoms with Crippen LogP contribution in [-0.4, -0.2) is 22.0 Å². The number of hydrogen-bond donors (Lipinski definition) is 1. The van der Waals surface area contributed by atoms with Crippen LogP contribution in [0.15, 0.2) is 54.0 Å². The molecule has 0 saturated heterocycles. The second kappa shape index (κ2) is 8.83. The number of carbonyl (C=O) groups is 1. The SMILES string of the molecule is CC(C)N(Cc1cccc(-c2nccs2)c1)C(=O)Nc1cc(C(F)(F)F)ccc1F. The summed E-state index contributed by atoms with van der Waals surface area (Å²) in [4.78, 5) is 18.4. The van der Waals surface area contributed by atoms with E-state index in [0.717, 1.165) is 16.1 Å². The van der Waals surface area contributed by atoms with Crippen molar-refractivity contribution < 1.29 is 22.4 Å². The lowest BCUT2D eigenvalue weighted by molar-refractivity contribution is -0.137. The summed E-state index contributed by atoms with van der Waals surface area (Å²) < 4.78 is 52.8. The molecule has 2 amide bonds. The molecule has 0 atom stereocenters. The monoisotopic (exact) mass is 437 g/mol. The molecule has 1 heterocycles. The van der Waals surface area contributed by atoms with Gasteiger partial charge in [-0.25, -0.2) is 14.2 Å². The Morgan fingerprint density at radius 3 is 2.60 bits per heavy atom. The zero-order chi connectivity index (χ0) is 21.9. The fraction of sp³-hybridized carbons (Fsp3) is 0.238. The largest absolute Gasteiger partial charge is 0.416 e. The number of nitrogens with zero attached hydrogens (tertiary/aromatic N) is 2. The first kappa shape index (κ1) is 21.8. The molecule has 0 fully saturated rings. The van der Waals surface area contributed by atoms with E-state index in [4.69, 9.17) is 0 Å². The Morgan fingerprint density at radius 2 is 1.97 bits per heavy atom. The predicted molar refractivity (Wildman–Crippen MR) is 109 cm³/mol. The van der Waals surface area contributed by atoms with Crippen molar-refractivity contribution in [2.75, 3.05) is 5.32 Å². The van der Waals surface area contributed by atoms with Gasteiger partial charge in [-0.15, -0.1) is 11.3 Å². The summed E-state index contributed by atoms with van der Waals surface area (Å²) in [7, 11) is 0. The first-order valence-corrected chi connectivity index (χ1v) is 9.96. The van der Waals surface area contributed by atoms with Crippen molar-refractivity contribution in [3.05, 3.63) is 71.0 Å². The van der Waals surface area contributed by atoms with Gasteiger partial charge in [0.25, 0.3) is 0 Å². The number of amides is 2. The lowest BCUT2D eigenvalue weighted by Gasteiger charge is -2.27. The molecule has 0 aliphatic heterocycles. The maximum atomic E-state index is 14.0. The molecule has 0 unspecified atom stereocenters. The van der Waals surface area contributed by atoms with Gasteiger partial charge in [-0.1, -0.05) is 18.2 Å². The Bertz CT molecular complexity index is 1020. The number of urea groups is 1. The molecule has 0 spiro atoms. The smallest absolute Gasteiger partial charge is 0.318 e. The quantitative estimate of drug-likeness (QED) is 0.469. The zero-order valence-corrected chi connectivity index (χ0v) is 17.0. The van der Waals surface area contributed by atoms with Gasteiger partial charge in [0.05, 0.1) is 11.3 Å².